The predicted octanol–water partition coefficient (Wildman–Crippen LogP) is -1.59. The molecule has 0 saturated carbocycles. The number of rotatable bonds is 1. The van der Waals surface area contributed by atoms with Gasteiger partial charge in [0, 0.05) is 13.0 Å². The number of nitrogens with two attached hydrogens (primary N) is 1. The van der Waals surface area contributed by atoms with Gasteiger partial charge in [-0.15, -0.1) is 0 Å². The van der Waals surface area contributed by atoms with Gasteiger partial charge in [-0.05, 0) is 0 Å². The molecular formula is C6H13N2O+. The lowest BCUT2D eigenvalue weighted by molar-refractivity contribution is -0.651. The van der Waals surface area contributed by atoms with E-state index in [2.05, 4.69) is 5.32 Å². The van der Waals surface area contributed by atoms with Crippen molar-refractivity contribution in [2.45, 2.75) is 6.42 Å². The standard InChI is InChI=1S/C6H12N2O/c9-6-8-4-1-2-7-3-5-8/h6-7H,1-5H2/p+1. The van der Waals surface area contributed by atoms with E-state index < -0.39 is 0 Å². The van der Waals surface area contributed by atoms with Crippen molar-refractivity contribution in [2.75, 3.05) is 26.2 Å². The van der Waals surface area contributed by atoms with E-state index in [-0.39, 0.29) is 0 Å². The number of quaternary nitrogens is 1. The van der Waals surface area contributed by atoms with E-state index in [4.69, 9.17) is 0 Å². The molecule has 1 amide bonds. The smallest absolute Gasteiger partial charge is 0.209 e. The Balaban J connectivity index is 2.26. The normalized spacial score (nSPS) is 21.1. The van der Waals surface area contributed by atoms with E-state index >= 15 is 0 Å². The second kappa shape index (κ2) is 3.45. The maximum absolute atomic E-state index is 10.2. The molecular weight excluding hydrogens is 116 g/mol. The molecule has 3 heteroatoms. The van der Waals surface area contributed by atoms with Gasteiger partial charge in [-0.1, -0.05) is 0 Å². The van der Waals surface area contributed by atoms with Crippen LogP contribution in [0.4, 0.5) is 0 Å². The van der Waals surface area contributed by atoms with Crippen LogP contribution in [0.25, 0.3) is 0 Å². The molecule has 1 heterocycles. The van der Waals surface area contributed by atoms with Gasteiger partial charge in [0.1, 0.15) is 0 Å². The molecule has 0 aliphatic carbocycles. The van der Waals surface area contributed by atoms with Crippen LogP contribution in [0.3, 0.4) is 0 Å². The van der Waals surface area contributed by atoms with E-state index in [1.807, 2.05) is 4.90 Å². The molecule has 0 radical (unpaired) electrons. The summed E-state index contributed by atoms with van der Waals surface area (Å²) in [6.07, 6.45) is 2.08. The fraction of sp³-hybridized carbons (Fsp3) is 0.833. The van der Waals surface area contributed by atoms with Gasteiger partial charge in [-0.2, -0.15) is 0 Å². The minimum Gasteiger partial charge on any atom is -0.345 e. The molecule has 52 valence electrons. The highest BCUT2D eigenvalue weighted by atomic mass is 16.1. The lowest BCUT2D eigenvalue weighted by Crippen LogP contribution is -2.84. The summed E-state index contributed by atoms with van der Waals surface area (Å²) < 4.78 is 0. The molecule has 1 aliphatic heterocycles. The van der Waals surface area contributed by atoms with Crippen molar-refractivity contribution in [3.8, 4) is 0 Å². The van der Waals surface area contributed by atoms with E-state index in [9.17, 15) is 4.79 Å². The van der Waals surface area contributed by atoms with Crippen LogP contribution in [-0.2, 0) is 4.79 Å². The Morgan fingerprint density at radius 2 is 2.22 bits per heavy atom. The molecule has 0 bridgehead atoms. The molecule has 0 unspecified atom stereocenters. The summed E-state index contributed by atoms with van der Waals surface area (Å²) in [6, 6.07) is 0. The topological polar surface area (TPSA) is 36.9 Å². The fourth-order valence-electron chi connectivity index (χ4n) is 1.06. The van der Waals surface area contributed by atoms with E-state index in [0.717, 1.165) is 32.5 Å². The van der Waals surface area contributed by atoms with Crippen LogP contribution in [-0.4, -0.2) is 37.5 Å². The zero-order chi connectivity index (χ0) is 6.53. The number of carbonyl (C=O) groups excluding carboxylic acids is 1. The molecule has 3 nitrogen and oxygen atoms in total. The highest BCUT2D eigenvalue weighted by Crippen LogP contribution is 1.85. The molecule has 9 heavy (non-hydrogen) atoms. The van der Waals surface area contributed by atoms with Crippen molar-refractivity contribution >= 4 is 6.41 Å². The maximum atomic E-state index is 10.2. The zero-order valence-electron chi connectivity index (χ0n) is 5.55. The summed E-state index contributed by atoms with van der Waals surface area (Å²) >= 11 is 0. The van der Waals surface area contributed by atoms with Gasteiger partial charge < -0.3 is 10.2 Å². The summed E-state index contributed by atoms with van der Waals surface area (Å²) in [5, 5.41) is 2.25. The van der Waals surface area contributed by atoms with Crippen LogP contribution >= 0.6 is 0 Å². The first-order valence-corrected chi connectivity index (χ1v) is 3.44. The second-order valence-electron chi connectivity index (χ2n) is 2.36. The van der Waals surface area contributed by atoms with Crippen molar-refractivity contribution in [3.05, 3.63) is 0 Å². The molecule has 1 fully saturated rings. The number of nitrogens with zero attached hydrogens (tertiary/aromatic N) is 1. The Kier molecular flexibility index (Phi) is 2.51. The van der Waals surface area contributed by atoms with Crippen molar-refractivity contribution in [1.82, 2.24) is 4.90 Å². The number of carbonyl (C=O) groups is 1. The average Bonchev–Trinajstić information content (AvgIpc) is 2.13. The third-order valence-corrected chi connectivity index (χ3v) is 1.62. The highest BCUT2D eigenvalue weighted by molar-refractivity contribution is 5.46. The van der Waals surface area contributed by atoms with Gasteiger partial charge in [0.15, 0.2) is 0 Å². The Bertz CT molecular complexity index is 87.1. The fourth-order valence-corrected chi connectivity index (χ4v) is 1.06. The molecule has 2 N–H and O–H groups in total. The monoisotopic (exact) mass is 129 g/mol. The minimum absolute atomic E-state index is 0.920. The van der Waals surface area contributed by atoms with E-state index in [1.165, 1.54) is 6.54 Å². The minimum atomic E-state index is 0.920. The van der Waals surface area contributed by atoms with Gasteiger partial charge >= 0.3 is 0 Å². The lowest BCUT2D eigenvalue weighted by Gasteiger charge is -2.09. The molecule has 1 aliphatic rings. The maximum Gasteiger partial charge on any atom is 0.209 e. The SMILES string of the molecule is O=CN1CCC[NH2+]CC1. The van der Waals surface area contributed by atoms with E-state index in [0.29, 0.717) is 0 Å². The number of hydrogen-bond donors (Lipinski definition) is 1. The highest BCUT2D eigenvalue weighted by Gasteiger charge is 2.06. The molecule has 1 saturated heterocycles. The van der Waals surface area contributed by atoms with Crippen LogP contribution in [0.5, 0.6) is 0 Å². The summed E-state index contributed by atoms with van der Waals surface area (Å²) in [5.41, 5.74) is 0. The van der Waals surface area contributed by atoms with Crippen LogP contribution in [0.15, 0.2) is 0 Å². The third-order valence-electron chi connectivity index (χ3n) is 1.62. The average molecular weight is 129 g/mol. The Morgan fingerprint density at radius 1 is 1.33 bits per heavy atom. The number of amides is 1. The third kappa shape index (κ3) is 2.01. The predicted molar refractivity (Wildman–Crippen MR) is 33.9 cm³/mol. The second-order valence-corrected chi connectivity index (χ2v) is 2.36. The Hall–Kier alpha value is -0.570. The van der Waals surface area contributed by atoms with Crippen LogP contribution < -0.4 is 5.32 Å². The van der Waals surface area contributed by atoms with Gasteiger partial charge in [0.05, 0.1) is 19.6 Å². The Labute approximate surface area is 55.0 Å². The number of hydrogen-bond acceptors (Lipinski definition) is 1. The Morgan fingerprint density at radius 3 is 3.00 bits per heavy atom. The molecule has 0 aromatic carbocycles. The van der Waals surface area contributed by atoms with Crippen molar-refractivity contribution in [2.24, 2.45) is 0 Å². The zero-order valence-corrected chi connectivity index (χ0v) is 5.55. The molecule has 0 spiro atoms. The summed E-state index contributed by atoms with van der Waals surface area (Å²) in [6.45, 7) is 4.10. The van der Waals surface area contributed by atoms with Gasteiger partial charge in [-0.25, -0.2) is 0 Å². The molecule has 1 rings (SSSR count). The van der Waals surface area contributed by atoms with Crippen LogP contribution in [0, 0.1) is 0 Å². The molecule has 0 aromatic heterocycles. The van der Waals surface area contributed by atoms with Crippen molar-refractivity contribution in [1.29, 1.82) is 0 Å². The van der Waals surface area contributed by atoms with Gasteiger partial charge in [0.2, 0.25) is 6.41 Å². The van der Waals surface area contributed by atoms with Gasteiger partial charge in [0.25, 0.3) is 0 Å². The summed E-state index contributed by atoms with van der Waals surface area (Å²) in [5.74, 6) is 0. The largest absolute Gasteiger partial charge is 0.345 e. The summed E-state index contributed by atoms with van der Waals surface area (Å²) in [4.78, 5) is 12.1. The quantitative estimate of drug-likeness (QED) is 0.426. The first-order chi connectivity index (χ1) is 4.43. The first kappa shape index (κ1) is 6.55. The van der Waals surface area contributed by atoms with Crippen LogP contribution in [0.1, 0.15) is 6.42 Å². The lowest BCUT2D eigenvalue weighted by atomic mass is 10.4. The van der Waals surface area contributed by atoms with E-state index in [1.54, 1.807) is 0 Å². The van der Waals surface area contributed by atoms with Crippen molar-refractivity contribution < 1.29 is 10.1 Å². The van der Waals surface area contributed by atoms with Crippen molar-refractivity contribution in [3.63, 3.8) is 0 Å². The van der Waals surface area contributed by atoms with Gasteiger partial charge in [-0.3, -0.25) is 4.79 Å². The molecule has 0 atom stereocenters. The molecule has 0 aromatic rings. The first-order valence-electron chi connectivity index (χ1n) is 3.44. The van der Waals surface area contributed by atoms with Crippen LogP contribution in [0.2, 0.25) is 0 Å². The summed E-state index contributed by atoms with van der Waals surface area (Å²) in [7, 11) is 0.